The average Bonchev–Trinajstić information content (AvgIpc) is 2.31. The van der Waals surface area contributed by atoms with Gasteiger partial charge in [-0.1, -0.05) is 19.1 Å². The highest BCUT2D eigenvalue weighted by atomic mass is 19.2. The average molecular weight is 257 g/mol. The topological polar surface area (TPSA) is 66.4 Å². The smallest absolute Gasteiger partial charge is 0.326 e. The Morgan fingerprint density at radius 3 is 2.61 bits per heavy atom. The number of aliphatic carboxylic acids is 1. The van der Waals surface area contributed by atoms with Crippen LogP contribution in [0.15, 0.2) is 18.2 Å². The van der Waals surface area contributed by atoms with E-state index in [1.807, 2.05) is 0 Å². The molecule has 2 N–H and O–H groups in total. The molecule has 6 heteroatoms. The minimum Gasteiger partial charge on any atom is -0.480 e. The molecule has 0 fully saturated rings. The Hall–Kier alpha value is -1.98. The van der Waals surface area contributed by atoms with Gasteiger partial charge in [0.15, 0.2) is 11.6 Å². The maximum atomic E-state index is 13.3. The van der Waals surface area contributed by atoms with Crippen LogP contribution in [0.2, 0.25) is 0 Å². The fraction of sp³-hybridized carbons (Fsp3) is 0.333. The highest BCUT2D eigenvalue weighted by Crippen LogP contribution is 2.11. The van der Waals surface area contributed by atoms with Crippen LogP contribution in [-0.4, -0.2) is 23.0 Å². The summed E-state index contributed by atoms with van der Waals surface area (Å²) in [5, 5.41) is 11.0. The summed E-state index contributed by atoms with van der Waals surface area (Å²) in [5.74, 6) is -3.94. The van der Waals surface area contributed by atoms with Gasteiger partial charge in [-0.2, -0.15) is 0 Å². The van der Waals surface area contributed by atoms with Gasteiger partial charge in [0.25, 0.3) is 0 Å². The van der Waals surface area contributed by atoms with Crippen molar-refractivity contribution in [3.05, 3.63) is 35.4 Å². The van der Waals surface area contributed by atoms with Crippen molar-refractivity contribution < 1.29 is 23.5 Å². The second-order valence-electron chi connectivity index (χ2n) is 3.76. The number of amides is 1. The molecule has 0 saturated heterocycles. The van der Waals surface area contributed by atoms with Gasteiger partial charge in [-0.25, -0.2) is 13.6 Å². The fourth-order valence-electron chi connectivity index (χ4n) is 1.44. The molecule has 0 aliphatic heterocycles. The first-order chi connectivity index (χ1) is 8.45. The van der Waals surface area contributed by atoms with E-state index in [0.717, 1.165) is 6.07 Å². The molecule has 1 unspecified atom stereocenters. The predicted molar refractivity (Wildman–Crippen MR) is 59.9 cm³/mol. The molecule has 0 heterocycles. The van der Waals surface area contributed by atoms with Crippen molar-refractivity contribution in [2.75, 3.05) is 0 Å². The lowest BCUT2D eigenvalue weighted by Crippen LogP contribution is -2.41. The van der Waals surface area contributed by atoms with Gasteiger partial charge in [-0.15, -0.1) is 0 Å². The van der Waals surface area contributed by atoms with Crippen molar-refractivity contribution in [3.63, 3.8) is 0 Å². The second kappa shape index (κ2) is 6.09. The zero-order valence-electron chi connectivity index (χ0n) is 9.74. The van der Waals surface area contributed by atoms with Crippen LogP contribution in [0.5, 0.6) is 0 Å². The normalized spacial score (nSPS) is 11.9. The van der Waals surface area contributed by atoms with Gasteiger partial charge in [0.2, 0.25) is 5.91 Å². The number of hydrogen-bond acceptors (Lipinski definition) is 2. The van der Waals surface area contributed by atoms with Crippen LogP contribution in [0.25, 0.3) is 0 Å². The Labute approximate surface area is 103 Å². The lowest BCUT2D eigenvalue weighted by molar-refractivity contribution is -0.141. The maximum absolute atomic E-state index is 13.3. The molecule has 1 atom stereocenters. The van der Waals surface area contributed by atoms with Crippen LogP contribution < -0.4 is 5.32 Å². The van der Waals surface area contributed by atoms with Crippen molar-refractivity contribution in [2.24, 2.45) is 0 Å². The first-order valence-electron chi connectivity index (χ1n) is 5.40. The first-order valence-corrected chi connectivity index (χ1v) is 5.40. The van der Waals surface area contributed by atoms with E-state index in [2.05, 4.69) is 5.32 Å². The summed E-state index contributed by atoms with van der Waals surface area (Å²) in [4.78, 5) is 22.2. The number of halogens is 2. The van der Waals surface area contributed by atoms with E-state index in [9.17, 15) is 18.4 Å². The Bertz CT molecular complexity index is 463. The molecule has 1 rings (SSSR count). The molecule has 0 aromatic heterocycles. The number of hydrogen-bond donors (Lipinski definition) is 2. The summed E-state index contributed by atoms with van der Waals surface area (Å²) < 4.78 is 26.2. The molecule has 0 spiro atoms. The molecule has 1 amide bonds. The summed E-state index contributed by atoms with van der Waals surface area (Å²) in [7, 11) is 0. The van der Waals surface area contributed by atoms with E-state index in [-0.39, 0.29) is 12.0 Å². The van der Waals surface area contributed by atoms with Crippen molar-refractivity contribution in [1.29, 1.82) is 0 Å². The molecule has 0 aliphatic carbocycles. The van der Waals surface area contributed by atoms with E-state index < -0.39 is 36.0 Å². The maximum Gasteiger partial charge on any atom is 0.326 e. The Kier molecular flexibility index (Phi) is 4.76. The van der Waals surface area contributed by atoms with Gasteiger partial charge < -0.3 is 10.4 Å². The summed E-state index contributed by atoms with van der Waals surface area (Å²) in [5.41, 5.74) is -0.104. The van der Waals surface area contributed by atoms with E-state index in [4.69, 9.17) is 5.11 Å². The van der Waals surface area contributed by atoms with Crippen molar-refractivity contribution in [1.82, 2.24) is 5.32 Å². The Morgan fingerprint density at radius 1 is 1.39 bits per heavy atom. The molecular weight excluding hydrogens is 244 g/mol. The number of carboxylic acid groups (broad SMARTS) is 1. The largest absolute Gasteiger partial charge is 0.480 e. The van der Waals surface area contributed by atoms with Crippen LogP contribution in [0.3, 0.4) is 0 Å². The minimum atomic E-state index is -1.16. The highest BCUT2D eigenvalue weighted by molar-refractivity contribution is 5.84. The molecule has 1 aromatic rings. The van der Waals surface area contributed by atoms with Gasteiger partial charge in [-0.3, -0.25) is 4.79 Å². The van der Waals surface area contributed by atoms with E-state index in [0.29, 0.717) is 0 Å². The number of carbonyl (C=O) groups excluding carboxylic acids is 1. The monoisotopic (exact) mass is 257 g/mol. The predicted octanol–water partition coefficient (Wildman–Crippen LogP) is 1.49. The molecule has 0 saturated carbocycles. The molecular formula is C12H13F2NO3. The van der Waals surface area contributed by atoms with Gasteiger partial charge in [0.05, 0.1) is 6.42 Å². The van der Waals surface area contributed by atoms with E-state index in [1.54, 1.807) is 6.92 Å². The quantitative estimate of drug-likeness (QED) is 0.839. The van der Waals surface area contributed by atoms with Crippen molar-refractivity contribution in [3.8, 4) is 0 Å². The molecule has 98 valence electrons. The number of nitrogens with one attached hydrogen (secondary N) is 1. The zero-order chi connectivity index (χ0) is 13.7. The SMILES string of the molecule is CCC(NC(=O)Cc1cccc(F)c1F)C(=O)O. The molecule has 1 aromatic carbocycles. The number of carbonyl (C=O) groups is 2. The summed E-state index contributed by atoms with van der Waals surface area (Å²) in [6, 6.07) is 2.49. The summed E-state index contributed by atoms with van der Waals surface area (Å²) >= 11 is 0. The molecule has 4 nitrogen and oxygen atoms in total. The highest BCUT2D eigenvalue weighted by Gasteiger charge is 2.19. The van der Waals surface area contributed by atoms with Crippen molar-refractivity contribution >= 4 is 11.9 Å². The Balaban J connectivity index is 2.70. The zero-order valence-corrected chi connectivity index (χ0v) is 9.74. The third kappa shape index (κ3) is 3.51. The van der Waals surface area contributed by atoms with Crippen molar-refractivity contribution in [2.45, 2.75) is 25.8 Å². The van der Waals surface area contributed by atoms with Gasteiger partial charge in [0, 0.05) is 5.56 Å². The molecule has 0 radical (unpaired) electrons. The Morgan fingerprint density at radius 2 is 2.06 bits per heavy atom. The second-order valence-corrected chi connectivity index (χ2v) is 3.76. The number of benzene rings is 1. The van der Waals surface area contributed by atoms with Gasteiger partial charge in [-0.05, 0) is 12.5 Å². The third-order valence-electron chi connectivity index (χ3n) is 2.42. The minimum absolute atomic E-state index is 0.104. The van der Waals surface area contributed by atoms with Crippen LogP contribution in [0, 0.1) is 11.6 Å². The summed E-state index contributed by atoms with van der Waals surface area (Å²) in [6.45, 7) is 1.60. The van der Waals surface area contributed by atoms with Gasteiger partial charge >= 0.3 is 5.97 Å². The van der Waals surface area contributed by atoms with Gasteiger partial charge in [0.1, 0.15) is 6.04 Å². The molecule has 18 heavy (non-hydrogen) atoms. The lowest BCUT2D eigenvalue weighted by atomic mass is 10.1. The number of carboxylic acids is 1. The van der Waals surface area contributed by atoms with E-state index >= 15 is 0 Å². The lowest BCUT2D eigenvalue weighted by Gasteiger charge is -2.12. The van der Waals surface area contributed by atoms with Crippen LogP contribution >= 0.6 is 0 Å². The molecule has 0 aliphatic rings. The molecule has 0 bridgehead atoms. The van der Waals surface area contributed by atoms with E-state index in [1.165, 1.54) is 12.1 Å². The van der Waals surface area contributed by atoms with Crippen LogP contribution in [0.4, 0.5) is 8.78 Å². The standard InChI is InChI=1S/C12H13F2NO3/c1-2-9(12(17)18)15-10(16)6-7-4-3-5-8(13)11(7)14/h3-5,9H,2,6H2,1H3,(H,15,16)(H,17,18). The van der Waals surface area contributed by atoms with Crippen LogP contribution in [-0.2, 0) is 16.0 Å². The van der Waals surface area contributed by atoms with Crippen LogP contribution in [0.1, 0.15) is 18.9 Å². The summed E-state index contributed by atoms with van der Waals surface area (Å²) in [6.07, 6.45) is -0.180. The third-order valence-corrected chi connectivity index (χ3v) is 2.42. The number of rotatable bonds is 5. The first kappa shape index (κ1) is 14.1. The fourth-order valence-corrected chi connectivity index (χ4v) is 1.44.